The zero-order chi connectivity index (χ0) is 21.2. The molecule has 30 heavy (non-hydrogen) atoms. The van der Waals surface area contributed by atoms with Crippen molar-refractivity contribution >= 4 is 23.3 Å². The summed E-state index contributed by atoms with van der Waals surface area (Å²) in [5, 5.41) is 7.89. The Bertz CT molecular complexity index is 1150. The molecule has 0 atom stereocenters. The van der Waals surface area contributed by atoms with Gasteiger partial charge in [0.05, 0.1) is 6.54 Å². The quantitative estimate of drug-likeness (QED) is 0.590. The lowest BCUT2D eigenvalue weighted by molar-refractivity contribution is -0.115. The first-order valence-electron chi connectivity index (χ1n) is 9.21. The third kappa shape index (κ3) is 6.30. The van der Waals surface area contributed by atoms with Crippen LogP contribution in [0.25, 0.3) is 0 Å². The van der Waals surface area contributed by atoms with E-state index >= 15 is 0 Å². The Balaban J connectivity index is 1.52. The molecule has 3 aromatic rings. The monoisotopic (exact) mass is 393 g/mol. The molecule has 0 saturated heterocycles. The first-order valence-corrected chi connectivity index (χ1v) is 9.21. The lowest BCUT2D eigenvalue weighted by Crippen LogP contribution is -2.35. The molecule has 0 aromatic heterocycles. The minimum Gasteiger partial charge on any atom is -0.329 e. The molecular formula is C25H19N3O2. The van der Waals surface area contributed by atoms with Crippen LogP contribution < -0.4 is 16.0 Å². The highest BCUT2D eigenvalue weighted by atomic mass is 16.2. The molecule has 0 aliphatic rings. The van der Waals surface area contributed by atoms with Crippen LogP contribution >= 0.6 is 0 Å². The van der Waals surface area contributed by atoms with Crippen molar-refractivity contribution in [1.29, 1.82) is 0 Å². The highest BCUT2D eigenvalue weighted by Crippen LogP contribution is 2.11. The standard InChI is InChI=1S/C25H19N3O2/c1-2-19-10-6-12-22(16-19)27-24(29)18-26-25(30)28-23-13-7-11-21(17-23)15-14-20-8-4-3-5-9-20/h1,3-13,16-17H,18H2,(H,27,29)(H2,26,28,30). The number of carbonyl (C=O) groups excluding carboxylic acids is 2. The van der Waals surface area contributed by atoms with Crippen LogP contribution in [-0.4, -0.2) is 18.5 Å². The molecule has 146 valence electrons. The van der Waals surface area contributed by atoms with Crippen LogP contribution in [0.5, 0.6) is 0 Å². The smallest absolute Gasteiger partial charge is 0.319 e. The number of carbonyl (C=O) groups is 2. The molecule has 0 aliphatic carbocycles. The molecule has 3 rings (SSSR count). The number of amides is 3. The summed E-state index contributed by atoms with van der Waals surface area (Å²) in [6.45, 7) is -0.181. The Morgan fingerprint density at radius 3 is 2.07 bits per heavy atom. The first-order chi connectivity index (χ1) is 14.6. The van der Waals surface area contributed by atoms with Crippen molar-refractivity contribution in [2.75, 3.05) is 17.2 Å². The van der Waals surface area contributed by atoms with E-state index in [2.05, 4.69) is 33.7 Å². The zero-order valence-electron chi connectivity index (χ0n) is 16.1. The van der Waals surface area contributed by atoms with Gasteiger partial charge < -0.3 is 16.0 Å². The molecule has 3 amide bonds. The van der Waals surface area contributed by atoms with Crippen molar-refractivity contribution in [1.82, 2.24) is 5.32 Å². The molecule has 5 nitrogen and oxygen atoms in total. The summed E-state index contributed by atoms with van der Waals surface area (Å²) in [5.74, 6) is 8.27. The molecule has 3 N–H and O–H groups in total. The minimum atomic E-state index is -0.490. The van der Waals surface area contributed by atoms with Crippen molar-refractivity contribution in [2.45, 2.75) is 0 Å². The maximum absolute atomic E-state index is 12.1. The van der Waals surface area contributed by atoms with E-state index in [-0.39, 0.29) is 12.5 Å². The predicted molar refractivity (Wildman–Crippen MR) is 119 cm³/mol. The second kappa shape index (κ2) is 10.2. The molecule has 0 bridgehead atoms. The predicted octanol–water partition coefficient (Wildman–Crippen LogP) is 3.83. The molecule has 0 heterocycles. The first kappa shape index (κ1) is 20.3. The number of nitrogens with one attached hydrogen (secondary N) is 3. The van der Waals surface area contributed by atoms with Gasteiger partial charge in [0.15, 0.2) is 0 Å². The van der Waals surface area contributed by atoms with Crippen LogP contribution in [0.15, 0.2) is 78.9 Å². The number of hydrogen-bond acceptors (Lipinski definition) is 2. The summed E-state index contributed by atoms with van der Waals surface area (Å²) >= 11 is 0. The fourth-order valence-electron chi connectivity index (χ4n) is 2.57. The number of benzene rings is 3. The molecule has 0 aliphatic heterocycles. The van der Waals surface area contributed by atoms with Crippen LogP contribution in [0.2, 0.25) is 0 Å². The van der Waals surface area contributed by atoms with Crippen molar-refractivity contribution in [3.8, 4) is 24.2 Å². The molecule has 0 unspecified atom stereocenters. The van der Waals surface area contributed by atoms with Crippen molar-refractivity contribution in [3.63, 3.8) is 0 Å². The Kier molecular flexibility index (Phi) is 6.87. The second-order valence-corrected chi connectivity index (χ2v) is 6.28. The van der Waals surface area contributed by atoms with E-state index < -0.39 is 6.03 Å². The van der Waals surface area contributed by atoms with Crippen LogP contribution in [0.4, 0.5) is 16.2 Å². The number of urea groups is 1. The largest absolute Gasteiger partial charge is 0.329 e. The van der Waals surface area contributed by atoms with Gasteiger partial charge in [-0.3, -0.25) is 4.79 Å². The molecule has 0 fully saturated rings. The normalized spacial score (nSPS) is 9.43. The van der Waals surface area contributed by atoms with Crippen LogP contribution in [0.3, 0.4) is 0 Å². The Morgan fingerprint density at radius 2 is 1.33 bits per heavy atom. The Labute approximate surface area is 175 Å². The van der Waals surface area contributed by atoms with Gasteiger partial charge in [0, 0.05) is 28.1 Å². The molecule has 0 saturated carbocycles. The van der Waals surface area contributed by atoms with Crippen LogP contribution in [-0.2, 0) is 4.79 Å². The average Bonchev–Trinajstić information content (AvgIpc) is 2.77. The van der Waals surface area contributed by atoms with E-state index in [0.717, 1.165) is 11.1 Å². The summed E-state index contributed by atoms with van der Waals surface area (Å²) in [4.78, 5) is 24.1. The lowest BCUT2D eigenvalue weighted by Gasteiger charge is -2.09. The summed E-state index contributed by atoms with van der Waals surface area (Å²) in [6, 6.07) is 23.2. The number of hydrogen-bond donors (Lipinski definition) is 3. The fraction of sp³-hybridized carbons (Fsp3) is 0.0400. The zero-order valence-corrected chi connectivity index (χ0v) is 16.1. The third-order valence-corrected chi connectivity index (χ3v) is 3.97. The highest BCUT2D eigenvalue weighted by Gasteiger charge is 2.07. The minimum absolute atomic E-state index is 0.181. The van der Waals surface area contributed by atoms with E-state index in [1.165, 1.54) is 0 Å². The molecule has 3 aromatic carbocycles. The molecule has 0 radical (unpaired) electrons. The van der Waals surface area contributed by atoms with Gasteiger partial charge in [0.2, 0.25) is 5.91 Å². The van der Waals surface area contributed by atoms with Crippen molar-refractivity contribution in [2.24, 2.45) is 0 Å². The number of rotatable bonds is 4. The van der Waals surface area contributed by atoms with Crippen molar-refractivity contribution in [3.05, 3.63) is 95.6 Å². The van der Waals surface area contributed by atoms with Gasteiger partial charge in [-0.2, -0.15) is 0 Å². The van der Waals surface area contributed by atoms with E-state index in [1.807, 2.05) is 36.4 Å². The number of anilines is 2. The van der Waals surface area contributed by atoms with Crippen LogP contribution in [0, 0.1) is 24.2 Å². The highest BCUT2D eigenvalue weighted by molar-refractivity contribution is 5.97. The van der Waals surface area contributed by atoms with E-state index in [1.54, 1.807) is 42.5 Å². The van der Waals surface area contributed by atoms with E-state index in [0.29, 0.717) is 16.9 Å². The SMILES string of the molecule is C#Cc1cccc(NC(=O)CNC(=O)Nc2cccc(C#Cc3ccccc3)c2)c1. The van der Waals surface area contributed by atoms with Gasteiger partial charge in [0.1, 0.15) is 0 Å². The van der Waals surface area contributed by atoms with Gasteiger partial charge in [-0.15, -0.1) is 6.42 Å². The molecular weight excluding hydrogens is 374 g/mol. The third-order valence-electron chi connectivity index (χ3n) is 3.97. The summed E-state index contributed by atoms with van der Waals surface area (Å²) in [6.07, 6.45) is 5.34. The molecule has 5 heteroatoms. The van der Waals surface area contributed by atoms with Gasteiger partial charge in [-0.1, -0.05) is 48.1 Å². The summed E-state index contributed by atoms with van der Waals surface area (Å²) in [5.41, 5.74) is 3.49. The Hall–Kier alpha value is -4.48. The van der Waals surface area contributed by atoms with E-state index in [9.17, 15) is 9.59 Å². The van der Waals surface area contributed by atoms with Crippen LogP contribution in [0.1, 0.15) is 16.7 Å². The lowest BCUT2D eigenvalue weighted by atomic mass is 10.1. The molecule has 0 spiro atoms. The summed E-state index contributed by atoms with van der Waals surface area (Å²) < 4.78 is 0. The summed E-state index contributed by atoms with van der Waals surface area (Å²) in [7, 11) is 0. The van der Waals surface area contributed by atoms with E-state index in [4.69, 9.17) is 6.42 Å². The van der Waals surface area contributed by atoms with Gasteiger partial charge in [-0.05, 0) is 48.5 Å². The fourth-order valence-corrected chi connectivity index (χ4v) is 2.57. The van der Waals surface area contributed by atoms with Gasteiger partial charge in [-0.25, -0.2) is 4.79 Å². The topological polar surface area (TPSA) is 70.2 Å². The Morgan fingerprint density at radius 1 is 0.733 bits per heavy atom. The van der Waals surface area contributed by atoms with Gasteiger partial charge in [0.25, 0.3) is 0 Å². The maximum atomic E-state index is 12.1. The number of terminal acetylenes is 1. The maximum Gasteiger partial charge on any atom is 0.319 e. The van der Waals surface area contributed by atoms with Gasteiger partial charge >= 0.3 is 6.03 Å². The van der Waals surface area contributed by atoms with Crippen molar-refractivity contribution < 1.29 is 9.59 Å². The second-order valence-electron chi connectivity index (χ2n) is 6.28. The average molecular weight is 393 g/mol.